The van der Waals surface area contributed by atoms with Crippen molar-refractivity contribution in [2.45, 2.75) is 0 Å². The Hall–Kier alpha value is -3.34. The Balaban J connectivity index is 1.84. The number of aromatic amines is 1. The van der Waals surface area contributed by atoms with Gasteiger partial charge in [0, 0.05) is 28.5 Å². The van der Waals surface area contributed by atoms with E-state index in [1.54, 1.807) is 12.1 Å². The van der Waals surface area contributed by atoms with E-state index in [0.717, 1.165) is 16.5 Å². The number of carboxylic acid groups (broad SMARTS) is 1. The molecule has 0 aliphatic carbocycles. The summed E-state index contributed by atoms with van der Waals surface area (Å²) in [6.07, 6.45) is 3.64. The van der Waals surface area contributed by atoms with Crippen LogP contribution in [0, 0.1) is 0 Å². The van der Waals surface area contributed by atoms with Gasteiger partial charge in [0.2, 0.25) is 0 Å². The minimum Gasteiger partial charge on any atom is -0.478 e. The molecule has 3 aromatic rings. The summed E-state index contributed by atoms with van der Waals surface area (Å²) in [5.41, 5.74) is 3.79. The van der Waals surface area contributed by atoms with E-state index < -0.39 is 5.97 Å². The lowest BCUT2D eigenvalue weighted by atomic mass is 10.0. The van der Waals surface area contributed by atoms with Gasteiger partial charge in [0.05, 0.1) is 5.56 Å². The van der Waals surface area contributed by atoms with Gasteiger partial charge in [-0.05, 0) is 53.4 Å². The first kappa shape index (κ1) is 13.3. The van der Waals surface area contributed by atoms with Crippen molar-refractivity contribution < 1.29 is 14.7 Å². The summed E-state index contributed by atoms with van der Waals surface area (Å²) in [7, 11) is 0. The van der Waals surface area contributed by atoms with Crippen LogP contribution < -0.4 is 5.32 Å². The van der Waals surface area contributed by atoms with E-state index in [0.29, 0.717) is 16.8 Å². The van der Waals surface area contributed by atoms with Gasteiger partial charge in [-0.2, -0.15) is 0 Å². The van der Waals surface area contributed by atoms with Crippen LogP contribution in [-0.2, 0) is 4.79 Å². The van der Waals surface area contributed by atoms with Crippen LogP contribution in [0.3, 0.4) is 0 Å². The molecule has 5 heteroatoms. The molecule has 23 heavy (non-hydrogen) atoms. The number of carbonyl (C=O) groups is 2. The van der Waals surface area contributed by atoms with E-state index in [-0.39, 0.29) is 11.5 Å². The lowest BCUT2D eigenvalue weighted by Gasteiger charge is -2.01. The molecule has 0 saturated heterocycles. The van der Waals surface area contributed by atoms with Gasteiger partial charge >= 0.3 is 5.97 Å². The monoisotopic (exact) mass is 304 g/mol. The number of aromatic carboxylic acids is 1. The number of rotatable bonds is 2. The second-order valence-electron chi connectivity index (χ2n) is 5.40. The Kier molecular flexibility index (Phi) is 2.81. The van der Waals surface area contributed by atoms with E-state index in [9.17, 15) is 9.59 Å². The van der Waals surface area contributed by atoms with E-state index >= 15 is 0 Å². The molecule has 1 aliphatic heterocycles. The van der Waals surface area contributed by atoms with Crippen molar-refractivity contribution in [1.29, 1.82) is 0 Å². The molecule has 5 nitrogen and oxygen atoms in total. The average molecular weight is 304 g/mol. The molecule has 0 spiro atoms. The van der Waals surface area contributed by atoms with Crippen LogP contribution in [0.5, 0.6) is 0 Å². The number of aromatic nitrogens is 1. The molecule has 1 amide bonds. The van der Waals surface area contributed by atoms with Gasteiger partial charge in [0.1, 0.15) is 0 Å². The largest absolute Gasteiger partial charge is 0.478 e. The number of hydrogen-bond acceptors (Lipinski definition) is 2. The lowest BCUT2D eigenvalue weighted by Crippen LogP contribution is -2.03. The van der Waals surface area contributed by atoms with Crippen molar-refractivity contribution in [2.75, 3.05) is 5.32 Å². The standard InChI is InChI=1S/C18H12N2O3/c21-17-14(8-10-1-3-15-11(7-10)5-6-19-15)13-9-12(18(22)23)2-4-16(13)20-17/h1-9,19H,(H,20,21)(H,22,23). The summed E-state index contributed by atoms with van der Waals surface area (Å²) in [4.78, 5) is 26.5. The first-order chi connectivity index (χ1) is 11.1. The highest BCUT2D eigenvalue weighted by Crippen LogP contribution is 2.34. The third-order valence-electron chi connectivity index (χ3n) is 3.94. The number of benzene rings is 2. The van der Waals surface area contributed by atoms with Gasteiger partial charge in [-0.3, -0.25) is 4.79 Å². The Labute approximate surface area is 131 Å². The van der Waals surface area contributed by atoms with Gasteiger partial charge in [0.15, 0.2) is 0 Å². The third-order valence-corrected chi connectivity index (χ3v) is 3.94. The highest BCUT2D eigenvalue weighted by Gasteiger charge is 2.25. The molecule has 2 heterocycles. The summed E-state index contributed by atoms with van der Waals surface area (Å²) in [5.74, 6) is -1.24. The van der Waals surface area contributed by atoms with Crippen molar-refractivity contribution in [3.05, 3.63) is 65.4 Å². The van der Waals surface area contributed by atoms with Crippen molar-refractivity contribution >= 4 is 40.1 Å². The van der Waals surface area contributed by atoms with Crippen molar-refractivity contribution in [3.63, 3.8) is 0 Å². The molecule has 0 bridgehead atoms. The zero-order chi connectivity index (χ0) is 16.0. The van der Waals surface area contributed by atoms with Gasteiger partial charge in [-0.1, -0.05) is 6.07 Å². The molecule has 4 rings (SSSR count). The van der Waals surface area contributed by atoms with Crippen LogP contribution >= 0.6 is 0 Å². The van der Waals surface area contributed by atoms with Crippen LogP contribution in [0.4, 0.5) is 5.69 Å². The molecule has 1 aromatic heterocycles. The maximum atomic E-state index is 12.2. The van der Waals surface area contributed by atoms with Crippen LogP contribution in [0.25, 0.3) is 22.6 Å². The number of amides is 1. The first-order valence-electron chi connectivity index (χ1n) is 7.10. The van der Waals surface area contributed by atoms with Gasteiger partial charge in [-0.15, -0.1) is 0 Å². The molecule has 0 radical (unpaired) electrons. The number of carbonyl (C=O) groups excluding carboxylic acids is 1. The highest BCUT2D eigenvalue weighted by atomic mass is 16.4. The predicted octanol–water partition coefficient (Wildman–Crippen LogP) is 3.36. The van der Waals surface area contributed by atoms with Crippen molar-refractivity contribution in [1.82, 2.24) is 4.98 Å². The van der Waals surface area contributed by atoms with Crippen molar-refractivity contribution in [2.24, 2.45) is 0 Å². The summed E-state index contributed by atoms with van der Waals surface area (Å²) in [6, 6.07) is 12.4. The zero-order valence-electron chi connectivity index (χ0n) is 12.0. The second-order valence-corrected chi connectivity index (χ2v) is 5.40. The summed E-state index contributed by atoms with van der Waals surface area (Å²) in [5, 5.41) is 12.9. The maximum Gasteiger partial charge on any atom is 0.335 e. The van der Waals surface area contributed by atoms with Crippen LogP contribution in [0.15, 0.2) is 48.7 Å². The topological polar surface area (TPSA) is 82.2 Å². The molecular weight excluding hydrogens is 292 g/mol. The number of H-pyrrole nitrogens is 1. The minimum absolute atomic E-state index is 0.159. The Morgan fingerprint density at radius 2 is 1.96 bits per heavy atom. The van der Waals surface area contributed by atoms with Gasteiger partial charge in [0.25, 0.3) is 5.91 Å². The van der Waals surface area contributed by atoms with E-state index in [1.165, 1.54) is 12.1 Å². The van der Waals surface area contributed by atoms with Crippen molar-refractivity contribution in [3.8, 4) is 0 Å². The Morgan fingerprint density at radius 1 is 1.09 bits per heavy atom. The third kappa shape index (κ3) is 2.19. The fourth-order valence-electron chi connectivity index (χ4n) is 2.79. The average Bonchev–Trinajstić information content (AvgIpc) is 3.11. The molecule has 3 N–H and O–H groups in total. The summed E-state index contributed by atoms with van der Waals surface area (Å²) in [6.45, 7) is 0. The molecule has 1 aliphatic rings. The fourth-order valence-corrected chi connectivity index (χ4v) is 2.79. The first-order valence-corrected chi connectivity index (χ1v) is 7.10. The quantitative estimate of drug-likeness (QED) is 0.635. The normalized spacial score (nSPS) is 15.0. The minimum atomic E-state index is -1.01. The SMILES string of the molecule is O=C1Nc2ccc(C(=O)O)cc2C1=Cc1ccc2[nH]ccc2c1. The summed E-state index contributed by atoms with van der Waals surface area (Å²) < 4.78 is 0. The Bertz CT molecular complexity index is 998. The molecule has 0 saturated carbocycles. The number of anilines is 1. The zero-order valence-corrected chi connectivity index (χ0v) is 12.0. The molecular formula is C18H12N2O3. The van der Waals surface area contributed by atoms with Crippen LogP contribution in [0.1, 0.15) is 21.5 Å². The molecule has 0 fully saturated rings. The molecule has 0 unspecified atom stereocenters. The number of fused-ring (bicyclic) bond motifs is 2. The van der Waals surface area contributed by atoms with Crippen LogP contribution in [0.2, 0.25) is 0 Å². The number of carboxylic acids is 1. The van der Waals surface area contributed by atoms with Crippen LogP contribution in [-0.4, -0.2) is 22.0 Å². The van der Waals surface area contributed by atoms with E-state index in [1.807, 2.05) is 30.5 Å². The number of nitrogens with one attached hydrogen (secondary N) is 2. The predicted molar refractivity (Wildman–Crippen MR) is 88.2 cm³/mol. The van der Waals surface area contributed by atoms with E-state index in [4.69, 9.17) is 5.11 Å². The van der Waals surface area contributed by atoms with E-state index in [2.05, 4.69) is 10.3 Å². The smallest absolute Gasteiger partial charge is 0.335 e. The Morgan fingerprint density at radius 3 is 2.78 bits per heavy atom. The highest BCUT2D eigenvalue weighted by molar-refractivity contribution is 6.35. The van der Waals surface area contributed by atoms with Gasteiger partial charge < -0.3 is 15.4 Å². The lowest BCUT2D eigenvalue weighted by molar-refractivity contribution is -0.110. The molecule has 2 aromatic carbocycles. The number of hydrogen-bond donors (Lipinski definition) is 3. The molecule has 112 valence electrons. The molecule has 0 atom stereocenters. The maximum absolute atomic E-state index is 12.2. The summed E-state index contributed by atoms with van der Waals surface area (Å²) >= 11 is 0. The van der Waals surface area contributed by atoms with Gasteiger partial charge in [-0.25, -0.2) is 4.79 Å². The second kappa shape index (κ2) is 4.84. The fraction of sp³-hybridized carbons (Fsp3) is 0.